The fourth-order valence-electron chi connectivity index (χ4n) is 7.67. The Hall–Kier alpha value is -9.67. The van der Waals surface area contributed by atoms with Crippen LogP contribution < -0.4 is 32.0 Å². The molecule has 0 bridgehead atoms. The number of ether oxygens (including phenoxy) is 1. The van der Waals surface area contributed by atoms with Crippen molar-refractivity contribution in [3.63, 3.8) is 0 Å². The molecule has 2 aliphatic rings. The van der Waals surface area contributed by atoms with Crippen molar-refractivity contribution < 1.29 is 85.7 Å². The van der Waals surface area contributed by atoms with E-state index in [1.54, 1.807) is 0 Å². The molecule has 0 aliphatic heterocycles. The number of nitrogens with one attached hydrogen (secondary N) is 4. The first kappa shape index (κ1) is 56.5. The van der Waals surface area contributed by atoms with Gasteiger partial charge in [0.25, 0.3) is 52.3 Å². The largest absolute Gasteiger partial charge is 0.494 e. The molecule has 0 atom stereocenters. The molecule has 0 heterocycles. The number of rotatable bonds is 16. The summed E-state index contributed by atoms with van der Waals surface area (Å²) in [5, 5.41) is 29.7. The first-order valence-electron chi connectivity index (χ1n) is 22.0. The Labute approximate surface area is 450 Å². The first-order chi connectivity index (χ1) is 37.5. The highest BCUT2D eigenvalue weighted by atomic mass is 32.2. The number of hydrazone groups is 2. The zero-order chi connectivity index (χ0) is 58.2. The van der Waals surface area contributed by atoms with E-state index in [-0.39, 0.29) is 61.8 Å². The van der Waals surface area contributed by atoms with Gasteiger partial charge in [-0.25, -0.2) is 4.79 Å². The van der Waals surface area contributed by atoms with Crippen molar-refractivity contribution in [2.45, 2.75) is 14.7 Å². The van der Waals surface area contributed by atoms with Crippen molar-refractivity contribution >= 4 is 138 Å². The number of nitrogens with zero attached hydrogens (tertiary/aromatic N) is 4. The molecule has 32 heteroatoms. The second kappa shape index (κ2) is 21.6. The zero-order valence-electron chi connectivity index (χ0n) is 40.1. The number of fused-ring (bicyclic) bond motifs is 2. The summed E-state index contributed by atoms with van der Waals surface area (Å²) in [6, 6.07) is 19.3. The maximum Gasteiger partial charge on any atom is 0.339 e. The van der Waals surface area contributed by atoms with Crippen LogP contribution in [-0.4, -0.2) is 105 Å². The molecule has 11 N–H and O–H groups in total. The molecular formula is C48H35N9O19S4. The molecule has 0 saturated carbocycles. The van der Waals surface area contributed by atoms with Crippen LogP contribution in [0.4, 0.5) is 39.8 Å². The fourth-order valence-corrected chi connectivity index (χ4v) is 10.0. The number of anilines is 5. The van der Waals surface area contributed by atoms with Gasteiger partial charge in [-0.1, -0.05) is 18.2 Å². The Morgan fingerprint density at radius 1 is 0.613 bits per heavy atom. The van der Waals surface area contributed by atoms with E-state index in [2.05, 4.69) is 41.9 Å². The predicted octanol–water partition coefficient (Wildman–Crippen LogP) is 5.90. The monoisotopic (exact) mass is 1170 g/mol. The van der Waals surface area contributed by atoms with Crippen LogP contribution in [0.5, 0.6) is 5.75 Å². The van der Waals surface area contributed by atoms with Gasteiger partial charge in [0.15, 0.2) is 11.5 Å². The highest BCUT2D eigenvalue weighted by Crippen LogP contribution is 2.43. The number of methoxy groups -OCH3 is 1. The Morgan fingerprint density at radius 2 is 1.29 bits per heavy atom. The second-order valence-electron chi connectivity index (χ2n) is 16.6. The highest BCUT2D eigenvalue weighted by molar-refractivity contribution is 7.91. The Bertz CT molecular complexity index is 4420. The molecule has 0 saturated heterocycles. The van der Waals surface area contributed by atoms with E-state index in [4.69, 9.17) is 10.5 Å². The SMILES string of the molecule is COc1cc(N=Nc2ccc(NC(=O)c3cccc(NN=C4C=CC(=O)C(C(=O)O)=C4)c3)cc2S(=O)(=O)O)c2cc(S(=O)(=O)O)ccc2c1NN=C1C(=O)c2c(cc(S(=O)(=O)O)cc2NC(=O)c2cccc(N)c2)C=C1S(=O)(=O)O. The molecule has 8 rings (SSSR count). The standard InChI is InChI=1S/C48H35N9O19S4/c1-76-39-22-36(55-54-35-12-8-27(19-40(35)79(70,71)72)50-46(60)24-5-3-7-28(15-24)52-53-29-9-13-38(58)34(18-29)48(62)63)33-20-30(77(64,65)66)10-11-32(33)43(39)56-57-44-41(80(73,74)75)17-25-16-31(78(67,68)69)21-37(42(25)45(44)59)51-47(61)23-4-2-6-26(49)14-23/h2-22,52,56H,49H2,1H3,(H,50,60)(H,51,61)(H,62,63)(H,64,65,66)(H,67,68,69)(H,70,71,72)(H,73,74,75). The number of hydrogen-bond donors (Lipinski definition) is 10. The number of carboxylic acid groups (broad SMARTS) is 1. The van der Waals surface area contributed by atoms with Crippen molar-refractivity contribution in [2.24, 2.45) is 20.4 Å². The molecule has 0 fully saturated rings. The number of nitrogens with two attached hydrogens (primary N) is 1. The quantitative estimate of drug-likeness (QED) is 0.0135. The number of azo groups is 1. The average molecular weight is 1170 g/mol. The van der Waals surface area contributed by atoms with Gasteiger partial charge in [0, 0.05) is 39.3 Å². The lowest BCUT2D eigenvalue weighted by Gasteiger charge is -2.21. The van der Waals surface area contributed by atoms with Gasteiger partial charge in [0.1, 0.15) is 32.5 Å². The van der Waals surface area contributed by atoms with Crippen LogP contribution in [-0.2, 0) is 50.1 Å². The van der Waals surface area contributed by atoms with Crippen LogP contribution in [0.3, 0.4) is 0 Å². The third kappa shape index (κ3) is 12.4. The number of carboxylic acids is 1. The average Bonchev–Trinajstić information content (AvgIpc) is 3.38. The van der Waals surface area contributed by atoms with Crippen LogP contribution >= 0.6 is 0 Å². The molecule has 0 unspecified atom stereocenters. The number of carbonyl (C=O) groups excluding carboxylic acids is 4. The number of hydrogen-bond acceptors (Lipinski definition) is 21. The summed E-state index contributed by atoms with van der Waals surface area (Å²) in [5.41, 5.74) is 6.46. The van der Waals surface area contributed by atoms with Crippen LogP contribution in [0.15, 0.2) is 167 Å². The van der Waals surface area contributed by atoms with E-state index in [0.717, 1.165) is 55.7 Å². The number of aliphatic carboxylic acids is 1. The van der Waals surface area contributed by atoms with Gasteiger partial charge < -0.3 is 26.2 Å². The summed E-state index contributed by atoms with van der Waals surface area (Å²) in [7, 11) is -19.7. The van der Waals surface area contributed by atoms with Crippen molar-refractivity contribution in [1.82, 2.24) is 0 Å². The lowest BCUT2D eigenvalue weighted by molar-refractivity contribution is -0.134. The Kier molecular flexibility index (Phi) is 15.3. The minimum atomic E-state index is -5.46. The molecule has 28 nitrogen and oxygen atoms in total. The number of allylic oxidation sites excluding steroid dienone is 4. The third-order valence-electron chi connectivity index (χ3n) is 11.3. The molecule has 0 aromatic heterocycles. The van der Waals surface area contributed by atoms with E-state index < -0.39 is 123 Å². The number of ketones is 2. The molecule has 410 valence electrons. The molecule has 0 spiro atoms. The molecule has 6 aromatic carbocycles. The minimum Gasteiger partial charge on any atom is -0.494 e. The van der Waals surface area contributed by atoms with E-state index in [1.165, 1.54) is 60.7 Å². The molecule has 80 heavy (non-hydrogen) atoms. The molecule has 0 radical (unpaired) electrons. The second-order valence-corrected chi connectivity index (χ2v) is 22.3. The smallest absolute Gasteiger partial charge is 0.339 e. The van der Waals surface area contributed by atoms with Crippen molar-refractivity contribution in [2.75, 3.05) is 34.3 Å². The molecule has 2 aliphatic carbocycles. The zero-order valence-corrected chi connectivity index (χ0v) is 43.3. The van der Waals surface area contributed by atoms with Crippen LogP contribution in [0, 0.1) is 0 Å². The van der Waals surface area contributed by atoms with Crippen LogP contribution in [0.2, 0.25) is 0 Å². The summed E-state index contributed by atoms with van der Waals surface area (Å²) in [4.78, 5) is 60.5. The van der Waals surface area contributed by atoms with E-state index in [9.17, 15) is 81.0 Å². The van der Waals surface area contributed by atoms with E-state index in [1.807, 2.05) is 0 Å². The lowest BCUT2D eigenvalue weighted by Crippen LogP contribution is -2.29. The first-order valence-corrected chi connectivity index (χ1v) is 27.7. The van der Waals surface area contributed by atoms with E-state index in [0.29, 0.717) is 18.2 Å². The third-order valence-corrected chi connectivity index (χ3v) is 14.7. The summed E-state index contributed by atoms with van der Waals surface area (Å²) >= 11 is 0. The van der Waals surface area contributed by atoms with Gasteiger partial charge in [-0.2, -0.15) is 43.9 Å². The van der Waals surface area contributed by atoms with Crippen molar-refractivity contribution in [3.05, 3.63) is 154 Å². The van der Waals surface area contributed by atoms with Gasteiger partial charge in [-0.05, 0) is 109 Å². The van der Waals surface area contributed by atoms with Crippen LogP contribution in [0.25, 0.3) is 16.8 Å². The van der Waals surface area contributed by atoms with E-state index >= 15 is 0 Å². The Morgan fingerprint density at radius 3 is 1.94 bits per heavy atom. The highest BCUT2D eigenvalue weighted by Gasteiger charge is 2.36. The van der Waals surface area contributed by atoms with Gasteiger partial charge in [0.2, 0.25) is 5.78 Å². The van der Waals surface area contributed by atoms with Crippen molar-refractivity contribution in [1.29, 1.82) is 0 Å². The lowest BCUT2D eigenvalue weighted by atomic mass is 9.92. The summed E-state index contributed by atoms with van der Waals surface area (Å²) in [6.45, 7) is 0. The fraction of sp³-hybridized carbons (Fsp3) is 0.0208. The Balaban J connectivity index is 1.15. The number of Topliss-reactive ketones (excluding diaryl/α,β-unsaturated/α-hetero) is 1. The van der Waals surface area contributed by atoms with Gasteiger partial charge in [-0.3, -0.25) is 48.2 Å². The molecular weight excluding hydrogens is 1130 g/mol. The normalized spacial score (nSPS) is 14.9. The van der Waals surface area contributed by atoms with Gasteiger partial charge >= 0.3 is 5.97 Å². The molecule has 6 aromatic rings. The minimum absolute atomic E-state index is 0.00829. The predicted molar refractivity (Wildman–Crippen MR) is 286 cm³/mol. The number of nitrogen functional groups attached to an aromatic ring is 1. The maximum absolute atomic E-state index is 14.4. The van der Waals surface area contributed by atoms with Crippen molar-refractivity contribution in [3.8, 4) is 5.75 Å². The molecule has 2 amide bonds. The summed E-state index contributed by atoms with van der Waals surface area (Å²) in [5.74, 6) is -5.62. The topological polar surface area (TPSA) is 456 Å². The summed E-state index contributed by atoms with van der Waals surface area (Å²) < 4.78 is 147. The van der Waals surface area contributed by atoms with Gasteiger partial charge in [-0.15, -0.1) is 10.2 Å². The number of amides is 2. The summed E-state index contributed by atoms with van der Waals surface area (Å²) in [6.07, 6.45) is 3.93. The van der Waals surface area contributed by atoms with Gasteiger partial charge in [0.05, 0.1) is 45.2 Å². The number of carbonyl (C=O) groups is 5. The van der Waals surface area contributed by atoms with Crippen LogP contribution in [0.1, 0.15) is 36.6 Å². The number of benzene rings is 6. The maximum atomic E-state index is 14.4.